The zero-order valence-corrected chi connectivity index (χ0v) is 15.8. The summed E-state index contributed by atoms with van der Waals surface area (Å²) in [5.74, 6) is -0.610. The molecule has 9 heteroatoms. The summed E-state index contributed by atoms with van der Waals surface area (Å²) in [5.41, 5.74) is 1.05. The highest BCUT2D eigenvalue weighted by Gasteiger charge is 2.22. The number of H-pyrrole nitrogens is 1. The molecule has 0 aliphatic heterocycles. The van der Waals surface area contributed by atoms with Gasteiger partial charge in [-0.1, -0.05) is 6.92 Å². The zero-order valence-electron chi connectivity index (χ0n) is 15.0. The largest absolute Gasteiger partial charge is 0.294 e. The van der Waals surface area contributed by atoms with E-state index in [2.05, 4.69) is 5.10 Å². The van der Waals surface area contributed by atoms with Crippen LogP contribution in [0, 0.1) is 5.82 Å². The maximum absolute atomic E-state index is 13.3. The van der Waals surface area contributed by atoms with Crippen LogP contribution in [0.25, 0.3) is 16.8 Å². The Balaban J connectivity index is 2.32. The fourth-order valence-corrected chi connectivity index (χ4v) is 3.31. The Morgan fingerprint density at radius 3 is 2.44 bits per heavy atom. The van der Waals surface area contributed by atoms with Gasteiger partial charge in [0.1, 0.15) is 11.5 Å². The lowest BCUT2D eigenvalue weighted by Gasteiger charge is -2.15. The molecule has 7 nitrogen and oxygen atoms in total. The Bertz CT molecular complexity index is 1190. The molecule has 0 unspecified atom stereocenters. The molecule has 142 valence electrons. The molecule has 0 fully saturated rings. The normalized spacial score (nSPS) is 11.7. The van der Waals surface area contributed by atoms with Crippen molar-refractivity contribution in [3.05, 3.63) is 58.1 Å². The smallest absolute Gasteiger partial charge is 0.232 e. The summed E-state index contributed by atoms with van der Waals surface area (Å²) in [6.07, 6.45) is 2.53. The van der Waals surface area contributed by atoms with Gasteiger partial charge in [-0.25, -0.2) is 12.8 Å². The molecule has 3 rings (SSSR count). The van der Waals surface area contributed by atoms with Gasteiger partial charge in [-0.3, -0.25) is 23.5 Å². The van der Waals surface area contributed by atoms with E-state index in [0.29, 0.717) is 22.3 Å². The number of Topliss-reactive ketones (excluding diaryl/α,β-unsaturated/α-hetero) is 1. The number of halogens is 1. The van der Waals surface area contributed by atoms with Gasteiger partial charge in [0.25, 0.3) is 0 Å². The predicted molar refractivity (Wildman–Crippen MR) is 101 cm³/mol. The minimum atomic E-state index is -3.63. The topological polar surface area (TPSA) is 91.7 Å². The van der Waals surface area contributed by atoms with Crippen LogP contribution in [-0.2, 0) is 10.0 Å². The van der Waals surface area contributed by atoms with Gasteiger partial charge in [-0.2, -0.15) is 0 Å². The van der Waals surface area contributed by atoms with E-state index < -0.39 is 21.3 Å². The molecular weight excluding hydrogens is 373 g/mol. The van der Waals surface area contributed by atoms with Crippen LogP contribution in [0.4, 0.5) is 10.1 Å². The van der Waals surface area contributed by atoms with Crippen LogP contribution in [0.2, 0.25) is 0 Å². The van der Waals surface area contributed by atoms with Crippen LogP contribution in [0.15, 0.2) is 41.3 Å². The van der Waals surface area contributed by atoms with Crippen molar-refractivity contribution in [3.63, 3.8) is 0 Å². The number of nitrogens with one attached hydrogen (secondary N) is 1. The Morgan fingerprint density at radius 2 is 1.89 bits per heavy atom. The van der Waals surface area contributed by atoms with Crippen molar-refractivity contribution in [3.8, 4) is 11.3 Å². The summed E-state index contributed by atoms with van der Waals surface area (Å²) in [5, 5.41) is 3.00. The van der Waals surface area contributed by atoms with E-state index in [1.165, 1.54) is 48.1 Å². The number of pyridine rings is 1. The summed E-state index contributed by atoms with van der Waals surface area (Å²) >= 11 is 0. The van der Waals surface area contributed by atoms with Crippen LogP contribution in [0.5, 0.6) is 0 Å². The molecule has 0 radical (unpaired) electrons. The second kappa shape index (κ2) is 6.66. The number of fused-ring (bicyclic) bond motifs is 1. The van der Waals surface area contributed by atoms with Gasteiger partial charge in [0.05, 0.1) is 29.2 Å². The third-order valence-corrected chi connectivity index (χ3v) is 5.53. The monoisotopic (exact) mass is 391 g/mol. The number of anilines is 1. The summed E-state index contributed by atoms with van der Waals surface area (Å²) in [6.45, 7) is 1.70. The number of hydrogen-bond acceptors (Lipinski definition) is 4. The van der Waals surface area contributed by atoms with Crippen LogP contribution < -0.4 is 9.73 Å². The van der Waals surface area contributed by atoms with E-state index in [1.54, 1.807) is 6.92 Å². The quantitative estimate of drug-likeness (QED) is 0.676. The number of sulfonamides is 1. The SMILES string of the molecule is CCC(=O)c1c(-c2ccc(F)cc2)[nH]n2cc(N(C)S(C)(=O)=O)c(=O)cc12. The Morgan fingerprint density at radius 1 is 1.26 bits per heavy atom. The third kappa shape index (κ3) is 3.37. The lowest BCUT2D eigenvalue weighted by molar-refractivity contribution is 0.0990. The molecule has 0 saturated heterocycles. The molecular formula is C18H18FN3O4S. The molecule has 0 amide bonds. The van der Waals surface area contributed by atoms with E-state index in [0.717, 1.165) is 10.6 Å². The molecule has 1 N–H and O–H groups in total. The average molecular weight is 391 g/mol. The number of carbonyl (C=O) groups excluding carboxylic acids is 1. The number of rotatable bonds is 5. The maximum Gasteiger partial charge on any atom is 0.232 e. The lowest BCUT2D eigenvalue weighted by atomic mass is 10.0. The predicted octanol–water partition coefficient (Wildman–Crippen LogP) is 2.42. The van der Waals surface area contributed by atoms with E-state index in [4.69, 9.17) is 0 Å². The third-order valence-electron chi connectivity index (χ3n) is 4.34. The molecule has 3 aromatic rings. The first-order valence-electron chi connectivity index (χ1n) is 8.15. The van der Waals surface area contributed by atoms with Gasteiger partial charge in [0.2, 0.25) is 15.5 Å². The van der Waals surface area contributed by atoms with Gasteiger partial charge in [0.15, 0.2) is 5.78 Å². The standard InChI is InChI=1S/C18H18FN3O4S/c1-4-15(23)17-13-9-16(24)14(21(2)27(3,25)26)10-22(13)20-18(17)11-5-7-12(19)8-6-11/h5-10,20H,4H2,1-3H3. The molecule has 2 heterocycles. The summed E-state index contributed by atoms with van der Waals surface area (Å²) < 4.78 is 39.1. The molecule has 0 saturated carbocycles. The highest BCUT2D eigenvalue weighted by molar-refractivity contribution is 7.92. The molecule has 0 atom stereocenters. The number of benzene rings is 1. The minimum Gasteiger partial charge on any atom is -0.294 e. The van der Waals surface area contributed by atoms with Gasteiger partial charge < -0.3 is 0 Å². The van der Waals surface area contributed by atoms with E-state index in [-0.39, 0.29) is 17.9 Å². The van der Waals surface area contributed by atoms with Crippen LogP contribution in [0.1, 0.15) is 23.7 Å². The second-order valence-corrected chi connectivity index (χ2v) is 8.17. The van der Waals surface area contributed by atoms with Crippen molar-refractivity contribution in [2.45, 2.75) is 13.3 Å². The summed E-state index contributed by atoms with van der Waals surface area (Å²) in [6, 6.07) is 6.81. The Hall–Kier alpha value is -2.94. The Labute approximate surface area is 155 Å². The number of nitrogens with zero attached hydrogens (tertiary/aromatic N) is 2. The molecule has 0 aliphatic carbocycles. The van der Waals surface area contributed by atoms with E-state index in [1.807, 2.05) is 0 Å². The number of hydrogen-bond donors (Lipinski definition) is 1. The minimum absolute atomic E-state index is 0.0580. The fraction of sp³-hybridized carbons (Fsp3) is 0.222. The van der Waals surface area contributed by atoms with Crippen LogP contribution in [-0.4, -0.2) is 37.1 Å². The lowest BCUT2D eigenvalue weighted by Crippen LogP contribution is -2.29. The van der Waals surface area contributed by atoms with Gasteiger partial charge in [-0.05, 0) is 24.3 Å². The molecule has 0 aliphatic rings. The van der Waals surface area contributed by atoms with Crippen molar-refractivity contribution in [1.29, 1.82) is 0 Å². The highest BCUT2D eigenvalue weighted by atomic mass is 32.2. The molecule has 0 spiro atoms. The van der Waals surface area contributed by atoms with Gasteiger partial charge >= 0.3 is 0 Å². The van der Waals surface area contributed by atoms with Crippen LogP contribution in [0.3, 0.4) is 0 Å². The van der Waals surface area contributed by atoms with E-state index >= 15 is 0 Å². The average Bonchev–Trinajstić information content (AvgIpc) is 2.97. The fourth-order valence-electron chi connectivity index (χ4n) is 2.81. The number of carbonyl (C=O) groups is 1. The zero-order chi connectivity index (χ0) is 19.9. The van der Waals surface area contributed by atoms with Crippen molar-refractivity contribution in [2.75, 3.05) is 17.6 Å². The Kier molecular flexibility index (Phi) is 4.64. The first kappa shape index (κ1) is 18.8. The highest BCUT2D eigenvalue weighted by Crippen LogP contribution is 2.28. The first-order chi connectivity index (χ1) is 12.6. The maximum atomic E-state index is 13.3. The van der Waals surface area contributed by atoms with Crippen molar-refractivity contribution >= 4 is 27.0 Å². The van der Waals surface area contributed by atoms with Gasteiger partial charge in [0, 0.05) is 25.1 Å². The first-order valence-corrected chi connectivity index (χ1v) is 9.99. The molecule has 0 bridgehead atoms. The number of aromatic amines is 1. The molecule has 27 heavy (non-hydrogen) atoms. The van der Waals surface area contributed by atoms with Crippen molar-refractivity contribution in [2.24, 2.45) is 0 Å². The molecule has 1 aromatic carbocycles. The summed E-state index contributed by atoms with van der Waals surface area (Å²) in [7, 11) is -2.35. The van der Waals surface area contributed by atoms with E-state index in [9.17, 15) is 22.4 Å². The molecule has 2 aromatic heterocycles. The van der Waals surface area contributed by atoms with Crippen molar-refractivity contribution in [1.82, 2.24) is 9.61 Å². The van der Waals surface area contributed by atoms with Crippen molar-refractivity contribution < 1.29 is 17.6 Å². The number of ketones is 1. The second-order valence-electron chi connectivity index (χ2n) is 6.15. The van der Waals surface area contributed by atoms with Gasteiger partial charge in [-0.15, -0.1) is 0 Å². The van der Waals surface area contributed by atoms with Crippen LogP contribution >= 0.6 is 0 Å². The summed E-state index contributed by atoms with van der Waals surface area (Å²) in [4.78, 5) is 25.0. The number of aromatic nitrogens is 2.